The maximum absolute atomic E-state index is 9.06. The highest BCUT2D eigenvalue weighted by Gasteiger charge is 2.10. The second-order valence-corrected chi connectivity index (χ2v) is 5.31. The van der Waals surface area contributed by atoms with Crippen LogP contribution in [0.5, 0.6) is 0 Å². The maximum Gasteiger partial charge on any atom is 0.178 e. The normalized spacial score (nSPS) is 10.5. The quantitative estimate of drug-likeness (QED) is 0.593. The number of para-hydroxylation sites is 1. The van der Waals surface area contributed by atoms with Crippen LogP contribution in [0.15, 0.2) is 66.9 Å². The Morgan fingerprint density at radius 1 is 0.958 bits per heavy atom. The van der Waals surface area contributed by atoms with Crippen LogP contribution in [0.3, 0.4) is 0 Å². The van der Waals surface area contributed by atoms with Gasteiger partial charge in [0.05, 0.1) is 22.8 Å². The maximum atomic E-state index is 9.06. The molecule has 0 bridgehead atoms. The zero-order valence-electron chi connectivity index (χ0n) is 12.7. The van der Waals surface area contributed by atoms with E-state index in [1.54, 1.807) is 12.1 Å². The van der Waals surface area contributed by atoms with E-state index in [0.717, 1.165) is 22.3 Å². The first-order valence-electron chi connectivity index (χ1n) is 7.51. The number of hydrogen-bond donors (Lipinski definition) is 2. The summed E-state index contributed by atoms with van der Waals surface area (Å²) in [6.07, 6.45) is 1.84. The van der Waals surface area contributed by atoms with Crippen LogP contribution in [0, 0.1) is 11.3 Å². The monoisotopic (exact) mass is 311 g/mol. The molecule has 0 spiro atoms. The van der Waals surface area contributed by atoms with Crippen molar-refractivity contribution in [3.63, 3.8) is 0 Å². The first-order valence-corrected chi connectivity index (χ1v) is 7.51. The molecule has 2 aromatic carbocycles. The molecule has 0 saturated heterocycles. The number of nitrogens with one attached hydrogen (secondary N) is 2. The van der Waals surface area contributed by atoms with E-state index in [9.17, 15) is 0 Å². The molecule has 2 N–H and O–H groups in total. The van der Waals surface area contributed by atoms with E-state index in [4.69, 9.17) is 5.26 Å². The predicted octanol–water partition coefficient (Wildman–Crippen LogP) is 4.24. The lowest BCUT2D eigenvalue weighted by Gasteiger charge is -2.10. The highest BCUT2D eigenvalue weighted by atomic mass is 15.0. The molecule has 4 rings (SSSR count). The summed E-state index contributed by atoms with van der Waals surface area (Å²) >= 11 is 0. The van der Waals surface area contributed by atoms with Gasteiger partial charge >= 0.3 is 0 Å². The van der Waals surface area contributed by atoms with Crippen LogP contribution >= 0.6 is 0 Å². The lowest BCUT2D eigenvalue weighted by atomic mass is 10.2. The summed E-state index contributed by atoms with van der Waals surface area (Å²) in [6.45, 7) is 0. The van der Waals surface area contributed by atoms with Crippen molar-refractivity contribution in [2.24, 2.45) is 0 Å². The molecule has 0 atom stereocenters. The zero-order valence-corrected chi connectivity index (χ0v) is 12.7. The molecule has 114 valence electrons. The van der Waals surface area contributed by atoms with Crippen molar-refractivity contribution >= 4 is 22.4 Å². The van der Waals surface area contributed by atoms with Gasteiger partial charge in [0.1, 0.15) is 5.82 Å². The number of nitriles is 1. The van der Waals surface area contributed by atoms with E-state index in [1.165, 1.54) is 0 Å². The van der Waals surface area contributed by atoms with Crippen molar-refractivity contribution in [1.29, 1.82) is 5.26 Å². The summed E-state index contributed by atoms with van der Waals surface area (Å²) in [4.78, 5) is 12.4. The van der Waals surface area contributed by atoms with Crippen molar-refractivity contribution in [2.45, 2.75) is 0 Å². The standard InChI is InChI=1S/C19H13N5/c20-12-13-5-3-6-14(11-13)22-18-15-7-1-2-8-16(15)23-19(24-18)17-9-4-10-21-17/h1-11,21H,(H,22,23,24). The summed E-state index contributed by atoms with van der Waals surface area (Å²) in [5, 5.41) is 13.3. The predicted molar refractivity (Wildman–Crippen MR) is 93.8 cm³/mol. The molecular formula is C19H13N5. The molecule has 0 saturated carbocycles. The summed E-state index contributed by atoms with van der Waals surface area (Å²) in [5.41, 5.74) is 3.13. The summed E-state index contributed by atoms with van der Waals surface area (Å²) < 4.78 is 0. The average Bonchev–Trinajstić information content (AvgIpc) is 3.16. The molecule has 24 heavy (non-hydrogen) atoms. The van der Waals surface area contributed by atoms with Gasteiger partial charge in [0, 0.05) is 17.3 Å². The Hall–Kier alpha value is -3.65. The Bertz CT molecular complexity index is 1040. The van der Waals surface area contributed by atoms with Gasteiger partial charge in [0.25, 0.3) is 0 Å². The lowest BCUT2D eigenvalue weighted by Crippen LogP contribution is -1.99. The number of nitrogens with zero attached hydrogens (tertiary/aromatic N) is 3. The lowest BCUT2D eigenvalue weighted by molar-refractivity contribution is 1.19. The fraction of sp³-hybridized carbons (Fsp3) is 0. The van der Waals surface area contributed by atoms with E-state index in [0.29, 0.717) is 17.2 Å². The number of hydrogen-bond acceptors (Lipinski definition) is 4. The first kappa shape index (κ1) is 14.0. The minimum atomic E-state index is 0.600. The van der Waals surface area contributed by atoms with Gasteiger partial charge in [-0.25, -0.2) is 9.97 Å². The molecule has 0 aliphatic rings. The van der Waals surface area contributed by atoms with Crippen LogP contribution in [-0.4, -0.2) is 15.0 Å². The van der Waals surface area contributed by atoms with Crippen molar-refractivity contribution in [1.82, 2.24) is 15.0 Å². The SMILES string of the molecule is N#Cc1cccc(Nc2nc(-c3ccc[nH]3)nc3ccccc23)c1. The molecule has 4 aromatic rings. The highest BCUT2D eigenvalue weighted by Crippen LogP contribution is 2.26. The Kier molecular flexibility index (Phi) is 3.41. The van der Waals surface area contributed by atoms with Crippen LogP contribution in [-0.2, 0) is 0 Å². The van der Waals surface area contributed by atoms with Gasteiger partial charge < -0.3 is 10.3 Å². The van der Waals surface area contributed by atoms with Crippen LogP contribution < -0.4 is 5.32 Å². The molecule has 0 fully saturated rings. The van der Waals surface area contributed by atoms with Gasteiger partial charge in [-0.15, -0.1) is 0 Å². The number of benzene rings is 2. The Balaban J connectivity index is 1.85. The van der Waals surface area contributed by atoms with Gasteiger partial charge in [-0.05, 0) is 42.5 Å². The largest absolute Gasteiger partial charge is 0.359 e. The Labute approximate surface area is 138 Å². The molecular weight excluding hydrogens is 298 g/mol. The number of H-pyrrole nitrogens is 1. The highest BCUT2D eigenvalue weighted by molar-refractivity contribution is 5.92. The van der Waals surface area contributed by atoms with E-state index in [1.807, 2.05) is 54.7 Å². The molecule has 2 heterocycles. The van der Waals surface area contributed by atoms with Crippen LogP contribution in [0.4, 0.5) is 11.5 Å². The van der Waals surface area contributed by atoms with Gasteiger partial charge in [0.2, 0.25) is 0 Å². The Morgan fingerprint density at radius 2 is 1.88 bits per heavy atom. The van der Waals surface area contributed by atoms with Crippen LogP contribution in [0.25, 0.3) is 22.4 Å². The Morgan fingerprint density at radius 3 is 2.71 bits per heavy atom. The van der Waals surface area contributed by atoms with Gasteiger partial charge in [0.15, 0.2) is 5.82 Å². The third kappa shape index (κ3) is 2.57. The molecule has 5 nitrogen and oxygen atoms in total. The van der Waals surface area contributed by atoms with Crippen molar-refractivity contribution in [2.75, 3.05) is 5.32 Å². The van der Waals surface area contributed by atoms with Crippen LogP contribution in [0.2, 0.25) is 0 Å². The van der Waals surface area contributed by atoms with E-state index < -0.39 is 0 Å². The van der Waals surface area contributed by atoms with Crippen molar-refractivity contribution in [3.05, 3.63) is 72.4 Å². The first-order chi connectivity index (χ1) is 11.8. The van der Waals surface area contributed by atoms with E-state index in [-0.39, 0.29) is 0 Å². The van der Waals surface area contributed by atoms with Gasteiger partial charge in [-0.1, -0.05) is 18.2 Å². The molecule has 2 aromatic heterocycles. The molecule has 0 unspecified atom stereocenters. The van der Waals surface area contributed by atoms with Crippen LogP contribution in [0.1, 0.15) is 5.56 Å². The third-order valence-electron chi connectivity index (χ3n) is 3.70. The molecule has 0 aliphatic heterocycles. The zero-order chi connectivity index (χ0) is 16.4. The molecule has 0 amide bonds. The molecule has 5 heteroatoms. The summed E-state index contributed by atoms with van der Waals surface area (Å²) in [6, 6.07) is 21.2. The summed E-state index contributed by atoms with van der Waals surface area (Å²) in [7, 11) is 0. The number of rotatable bonds is 3. The number of fused-ring (bicyclic) bond motifs is 1. The smallest absolute Gasteiger partial charge is 0.178 e. The summed E-state index contributed by atoms with van der Waals surface area (Å²) in [5.74, 6) is 1.33. The van der Waals surface area contributed by atoms with E-state index >= 15 is 0 Å². The second kappa shape index (κ2) is 5.86. The second-order valence-electron chi connectivity index (χ2n) is 5.31. The topological polar surface area (TPSA) is 77.4 Å². The van der Waals surface area contributed by atoms with Gasteiger partial charge in [-0.3, -0.25) is 0 Å². The average molecular weight is 311 g/mol. The number of aromatic amines is 1. The molecule has 0 radical (unpaired) electrons. The molecule has 0 aliphatic carbocycles. The minimum Gasteiger partial charge on any atom is -0.359 e. The number of anilines is 2. The van der Waals surface area contributed by atoms with E-state index in [2.05, 4.69) is 26.3 Å². The third-order valence-corrected chi connectivity index (χ3v) is 3.70. The fourth-order valence-electron chi connectivity index (χ4n) is 2.56. The van der Waals surface area contributed by atoms with Crippen molar-refractivity contribution < 1.29 is 0 Å². The fourth-order valence-corrected chi connectivity index (χ4v) is 2.56. The van der Waals surface area contributed by atoms with Gasteiger partial charge in [-0.2, -0.15) is 5.26 Å². The minimum absolute atomic E-state index is 0.600. The van der Waals surface area contributed by atoms with Crippen molar-refractivity contribution in [3.8, 4) is 17.6 Å². The number of aromatic nitrogens is 3.